The van der Waals surface area contributed by atoms with Gasteiger partial charge in [-0.3, -0.25) is 0 Å². The average Bonchev–Trinajstić information content (AvgIpc) is 2.93. The van der Waals surface area contributed by atoms with E-state index in [1.54, 1.807) is 0 Å². The number of hydrogen-bond donors (Lipinski definition) is 1. The largest absolute Gasteiger partial charge is 0.371 e. The second-order valence-electron chi connectivity index (χ2n) is 5.11. The van der Waals surface area contributed by atoms with Crippen molar-refractivity contribution in [3.05, 3.63) is 10.6 Å². The first-order valence-corrected chi connectivity index (χ1v) is 7.65. The Hall–Kier alpha value is -0.650. The number of nitrogens with zero attached hydrogens (tertiary/aromatic N) is 2. The van der Waals surface area contributed by atoms with E-state index < -0.39 is 0 Å². The third-order valence-corrected chi connectivity index (χ3v) is 4.91. The van der Waals surface area contributed by atoms with Crippen LogP contribution in [0, 0.1) is 0 Å². The van der Waals surface area contributed by atoms with Gasteiger partial charge in [0.15, 0.2) is 5.13 Å². The number of fused-ring (bicyclic) bond motifs is 2. The highest BCUT2D eigenvalue weighted by Gasteiger charge is 2.34. The predicted octanol–water partition coefficient (Wildman–Crippen LogP) is 1.79. The second kappa shape index (κ2) is 5.15. The van der Waals surface area contributed by atoms with Gasteiger partial charge in [0.1, 0.15) is 0 Å². The molecule has 0 aromatic carbocycles. The van der Waals surface area contributed by atoms with Crippen LogP contribution in [0.1, 0.15) is 30.3 Å². The molecule has 5 heteroatoms. The number of aromatic nitrogens is 1. The minimum Gasteiger partial charge on any atom is -0.371 e. The Morgan fingerprint density at radius 2 is 2.11 bits per heavy atom. The van der Waals surface area contributed by atoms with Crippen LogP contribution in [-0.4, -0.2) is 37.3 Å². The van der Waals surface area contributed by atoms with Crippen molar-refractivity contribution in [3.63, 3.8) is 0 Å². The minimum absolute atomic E-state index is 0.436. The van der Waals surface area contributed by atoms with Crippen LogP contribution in [0.3, 0.4) is 0 Å². The maximum absolute atomic E-state index is 5.88. The Bertz CT molecular complexity index is 408. The molecule has 0 amide bonds. The van der Waals surface area contributed by atoms with E-state index in [0.29, 0.717) is 12.2 Å². The molecule has 4 nitrogen and oxygen atoms in total. The number of hydrogen-bond acceptors (Lipinski definition) is 5. The Balaban J connectivity index is 1.79. The number of thiazole rings is 1. The molecule has 0 saturated carbocycles. The van der Waals surface area contributed by atoms with Crippen molar-refractivity contribution in [1.82, 2.24) is 10.3 Å². The van der Waals surface area contributed by atoms with Gasteiger partial charge in [0.05, 0.1) is 17.9 Å². The third-order valence-electron chi connectivity index (χ3n) is 3.75. The van der Waals surface area contributed by atoms with Gasteiger partial charge in [0, 0.05) is 24.5 Å². The fourth-order valence-corrected chi connectivity index (χ4v) is 4.03. The number of ether oxygens (including phenoxy) is 1. The Labute approximate surface area is 112 Å². The zero-order valence-electron chi connectivity index (χ0n) is 11.1. The minimum atomic E-state index is 0.436. The molecule has 18 heavy (non-hydrogen) atoms. The van der Waals surface area contributed by atoms with E-state index in [2.05, 4.69) is 17.1 Å². The number of anilines is 1. The first-order chi connectivity index (χ1) is 8.80. The van der Waals surface area contributed by atoms with Crippen LogP contribution >= 0.6 is 11.3 Å². The third kappa shape index (κ3) is 2.27. The maximum Gasteiger partial charge on any atom is 0.186 e. The van der Waals surface area contributed by atoms with E-state index in [1.807, 2.05) is 18.4 Å². The van der Waals surface area contributed by atoms with Crippen LogP contribution in [0.5, 0.6) is 0 Å². The summed E-state index contributed by atoms with van der Waals surface area (Å²) in [5.41, 5.74) is 1.25. The highest BCUT2D eigenvalue weighted by Crippen LogP contribution is 2.33. The van der Waals surface area contributed by atoms with Gasteiger partial charge in [-0.15, -0.1) is 11.3 Å². The van der Waals surface area contributed by atoms with E-state index >= 15 is 0 Å². The molecule has 2 bridgehead atoms. The maximum atomic E-state index is 5.88. The summed E-state index contributed by atoms with van der Waals surface area (Å²) in [5, 5.41) is 4.42. The number of aryl methyl sites for hydroxylation is 1. The molecule has 2 fully saturated rings. The normalized spacial score (nSPS) is 26.9. The number of morpholine rings is 1. The summed E-state index contributed by atoms with van der Waals surface area (Å²) in [6, 6.07) is 0. The lowest BCUT2D eigenvalue weighted by molar-refractivity contribution is 0.0305. The molecule has 0 aliphatic carbocycles. The summed E-state index contributed by atoms with van der Waals surface area (Å²) >= 11 is 1.84. The standard InChI is InChI=1S/C13H21N3OS/c1-3-11-12(6-14-2)18-13(15-11)16-7-9-4-5-10(8-16)17-9/h9-10,14H,3-8H2,1-2H3. The van der Waals surface area contributed by atoms with Crippen molar-refractivity contribution in [2.75, 3.05) is 25.0 Å². The van der Waals surface area contributed by atoms with Crippen molar-refractivity contribution >= 4 is 16.5 Å². The Morgan fingerprint density at radius 1 is 1.39 bits per heavy atom. The Kier molecular flexibility index (Phi) is 3.54. The van der Waals surface area contributed by atoms with E-state index in [0.717, 1.165) is 26.1 Å². The summed E-state index contributed by atoms with van der Waals surface area (Å²) in [4.78, 5) is 8.63. The molecular weight excluding hydrogens is 246 g/mol. The van der Waals surface area contributed by atoms with Gasteiger partial charge in [-0.1, -0.05) is 6.92 Å². The van der Waals surface area contributed by atoms with Crippen LogP contribution in [-0.2, 0) is 17.7 Å². The molecule has 0 radical (unpaired) electrons. The quantitative estimate of drug-likeness (QED) is 0.902. The van der Waals surface area contributed by atoms with Crippen molar-refractivity contribution in [2.24, 2.45) is 0 Å². The van der Waals surface area contributed by atoms with Crippen LogP contribution in [0.4, 0.5) is 5.13 Å². The number of rotatable bonds is 4. The van der Waals surface area contributed by atoms with Gasteiger partial charge in [-0.2, -0.15) is 0 Å². The van der Waals surface area contributed by atoms with Gasteiger partial charge in [0.2, 0.25) is 0 Å². The first kappa shape index (κ1) is 12.4. The fraction of sp³-hybridized carbons (Fsp3) is 0.769. The van der Waals surface area contributed by atoms with Crippen LogP contribution in [0.15, 0.2) is 0 Å². The molecule has 2 aliphatic rings. The molecule has 100 valence electrons. The molecule has 1 N–H and O–H groups in total. The molecule has 3 rings (SSSR count). The van der Waals surface area contributed by atoms with E-state index in [4.69, 9.17) is 9.72 Å². The SMILES string of the molecule is CCc1nc(N2CC3CCC(C2)O3)sc1CNC. The first-order valence-electron chi connectivity index (χ1n) is 6.83. The molecule has 2 saturated heterocycles. The smallest absolute Gasteiger partial charge is 0.186 e. The molecule has 2 aliphatic heterocycles. The zero-order chi connectivity index (χ0) is 12.5. The molecule has 1 aromatic rings. The van der Waals surface area contributed by atoms with E-state index in [1.165, 1.54) is 28.5 Å². The van der Waals surface area contributed by atoms with E-state index in [-0.39, 0.29) is 0 Å². The van der Waals surface area contributed by atoms with Crippen molar-refractivity contribution in [1.29, 1.82) is 0 Å². The monoisotopic (exact) mass is 267 g/mol. The predicted molar refractivity (Wildman–Crippen MR) is 74.4 cm³/mol. The summed E-state index contributed by atoms with van der Waals surface area (Å²) in [7, 11) is 1.99. The van der Waals surface area contributed by atoms with Crippen molar-refractivity contribution in [2.45, 2.75) is 44.9 Å². The van der Waals surface area contributed by atoms with Gasteiger partial charge < -0.3 is 15.0 Å². The lowest BCUT2D eigenvalue weighted by Gasteiger charge is -2.31. The lowest BCUT2D eigenvalue weighted by Crippen LogP contribution is -2.42. The zero-order valence-corrected chi connectivity index (χ0v) is 11.9. The van der Waals surface area contributed by atoms with Crippen molar-refractivity contribution in [3.8, 4) is 0 Å². The summed E-state index contributed by atoms with van der Waals surface area (Å²) < 4.78 is 5.88. The second-order valence-corrected chi connectivity index (χ2v) is 6.17. The summed E-state index contributed by atoms with van der Waals surface area (Å²) in [6.07, 6.45) is 4.33. The van der Waals surface area contributed by atoms with Crippen LogP contribution in [0.2, 0.25) is 0 Å². The summed E-state index contributed by atoms with van der Waals surface area (Å²) in [5.74, 6) is 0. The molecule has 0 spiro atoms. The number of nitrogens with one attached hydrogen (secondary N) is 1. The topological polar surface area (TPSA) is 37.4 Å². The average molecular weight is 267 g/mol. The Morgan fingerprint density at radius 3 is 2.72 bits per heavy atom. The van der Waals surface area contributed by atoms with Gasteiger partial charge >= 0.3 is 0 Å². The molecule has 1 aromatic heterocycles. The highest BCUT2D eigenvalue weighted by molar-refractivity contribution is 7.15. The molecule has 3 heterocycles. The van der Waals surface area contributed by atoms with Gasteiger partial charge in [-0.05, 0) is 26.3 Å². The molecule has 2 atom stereocenters. The van der Waals surface area contributed by atoms with Gasteiger partial charge in [-0.25, -0.2) is 4.98 Å². The van der Waals surface area contributed by atoms with Crippen LogP contribution in [0.25, 0.3) is 0 Å². The van der Waals surface area contributed by atoms with E-state index in [9.17, 15) is 0 Å². The lowest BCUT2D eigenvalue weighted by atomic mass is 10.2. The van der Waals surface area contributed by atoms with Crippen LogP contribution < -0.4 is 10.2 Å². The van der Waals surface area contributed by atoms with Crippen molar-refractivity contribution < 1.29 is 4.74 Å². The molecule has 2 unspecified atom stereocenters. The summed E-state index contributed by atoms with van der Waals surface area (Å²) in [6.45, 7) is 5.15. The molecular formula is C13H21N3OS. The highest BCUT2D eigenvalue weighted by atomic mass is 32.1. The fourth-order valence-electron chi connectivity index (χ4n) is 2.85. The van der Waals surface area contributed by atoms with Gasteiger partial charge in [0.25, 0.3) is 0 Å².